The number of aryl methyl sites for hydroxylation is 2. The standard InChI is InChI=1S/C25H29N3O4/c1-18-7-6-10-21(17-18)31-20-13-15-28(16-14-20)23(29)12-11-22-26-27-25(32-22)24(30-2)19-8-4-3-5-9-19/h3-10,17,20,24H,11-16H2,1-2H3/t24-/m1/s1. The van der Waals surface area contributed by atoms with Gasteiger partial charge in [0.2, 0.25) is 17.7 Å². The van der Waals surface area contributed by atoms with Crippen molar-refractivity contribution in [2.75, 3.05) is 20.2 Å². The number of hydrogen-bond acceptors (Lipinski definition) is 6. The average Bonchev–Trinajstić information content (AvgIpc) is 3.28. The normalized spacial score (nSPS) is 15.5. The van der Waals surface area contributed by atoms with Crippen molar-refractivity contribution in [1.29, 1.82) is 0 Å². The van der Waals surface area contributed by atoms with E-state index in [0.717, 1.165) is 24.2 Å². The molecule has 32 heavy (non-hydrogen) atoms. The van der Waals surface area contributed by atoms with E-state index in [4.69, 9.17) is 13.9 Å². The van der Waals surface area contributed by atoms with Gasteiger partial charge in [-0.3, -0.25) is 4.79 Å². The Hall–Kier alpha value is -3.19. The molecular weight excluding hydrogens is 406 g/mol. The molecule has 7 nitrogen and oxygen atoms in total. The van der Waals surface area contributed by atoms with Crippen LogP contribution in [0.3, 0.4) is 0 Å². The molecule has 0 bridgehead atoms. The number of likely N-dealkylation sites (tertiary alicyclic amines) is 1. The fraction of sp³-hybridized carbons (Fsp3) is 0.400. The molecule has 0 radical (unpaired) electrons. The second-order valence-electron chi connectivity index (χ2n) is 8.07. The molecule has 1 fully saturated rings. The SMILES string of the molecule is CO[C@H](c1ccccc1)c1nnc(CCC(=O)N2CCC(Oc3cccc(C)c3)CC2)o1. The Morgan fingerprint density at radius 1 is 1.12 bits per heavy atom. The highest BCUT2D eigenvalue weighted by Gasteiger charge is 2.25. The molecule has 2 aromatic carbocycles. The lowest BCUT2D eigenvalue weighted by molar-refractivity contribution is -0.133. The first-order valence-electron chi connectivity index (χ1n) is 11.0. The number of hydrogen-bond donors (Lipinski definition) is 0. The van der Waals surface area contributed by atoms with Gasteiger partial charge in [0.1, 0.15) is 11.9 Å². The van der Waals surface area contributed by atoms with Crippen LogP contribution in [0.5, 0.6) is 5.75 Å². The summed E-state index contributed by atoms with van der Waals surface area (Å²) in [4.78, 5) is 14.6. The molecule has 168 valence electrons. The Bertz CT molecular complexity index is 1010. The molecule has 1 aliphatic rings. The zero-order valence-electron chi connectivity index (χ0n) is 18.6. The maximum atomic E-state index is 12.7. The molecule has 0 N–H and O–H groups in total. The maximum Gasteiger partial charge on any atom is 0.249 e. The van der Waals surface area contributed by atoms with Crippen molar-refractivity contribution < 1.29 is 18.7 Å². The first kappa shape index (κ1) is 22.0. The molecule has 0 unspecified atom stereocenters. The Kier molecular flexibility index (Phi) is 7.17. The van der Waals surface area contributed by atoms with Crippen LogP contribution in [-0.2, 0) is 16.0 Å². The fourth-order valence-corrected chi connectivity index (χ4v) is 3.96. The summed E-state index contributed by atoms with van der Waals surface area (Å²) in [7, 11) is 1.61. The minimum Gasteiger partial charge on any atom is -0.490 e. The lowest BCUT2D eigenvalue weighted by atomic mass is 10.1. The number of carbonyl (C=O) groups excluding carboxylic acids is 1. The van der Waals surface area contributed by atoms with Gasteiger partial charge in [-0.1, -0.05) is 42.5 Å². The number of nitrogens with zero attached hydrogens (tertiary/aromatic N) is 3. The Morgan fingerprint density at radius 3 is 2.62 bits per heavy atom. The van der Waals surface area contributed by atoms with Crippen LogP contribution in [0.25, 0.3) is 0 Å². The van der Waals surface area contributed by atoms with Gasteiger partial charge in [0.25, 0.3) is 0 Å². The van der Waals surface area contributed by atoms with Crippen molar-refractivity contribution >= 4 is 5.91 Å². The van der Waals surface area contributed by atoms with Crippen molar-refractivity contribution in [3.05, 3.63) is 77.5 Å². The van der Waals surface area contributed by atoms with Crippen LogP contribution in [0.4, 0.5) is 0 Å². The van der Waals surface area contributed by atoms with Crippen LogP contribution in [0.2, 0.25) is 0 Å². The lowest BCUT2D eigenvalue weighted by Crippen LogP contribution is -2.41. The molecule has 1 atom stereocenters. The molecule has 1 aromatic heterocycles. The van der Waals surface area contributed by atoms with Crippen molar-refractivity contribution in [3.63, 3.8) is 0 Å². The number of carbonyl (C=O) groups is 1. The van der Waals surface area contributed by atoms with Gasteiger partial charge in [-0.15, -0.1) is 10.2 Å². The van der Waals surface area contributed by atoms with E-state index in [0.29, 0.717) is 37.7 Å². The van der Waals surface area contributed by atoms with Gasteiger partial charge in [0.15, 0.2) is 6.10 Å². The highest BCUT2D eigenvalue weighted by molar-refractivity contribution is 5.76. The highest BCUT2D eigenvalue weighted by Crippen LogP contribution is 2.25. The van der Waals surface area contributed by atoms with E-state index < -0.39 is 6.10 Å². The minimum atomic E-state index is -0.416. The van der Waals surface area contributed by atoms with Crippen molar-refractivity contribution in [2.24, 2.45) is 0 Å². The van der Waals surface area contributed by atoms with Gasteiger partial charge in [-0.2, -0.15) is 0 Å². The quantitative estimate of drug-likeness (QED) is 0.530. The Morgan fingerprint density at radius 2 is 1.91 bits per heavy atom. The van der Waals surface area contributed by atoms with Gasteiger partial charge >= 0.3 is 0 Å². The second-order valence-corrected chi connectivity index (χ2v) is 8.07. The summed E-state index contributed by atoms with van der Waals surface area (Å²) in [5.74, 6) is 1.84. The van der Waals surface area contributed by atoms with Crippen LogP contribution in [0.1, 0.15) is 48.3 Å². The minimum absolute atomic E-state index is 0.102. The van der Waals surface area contributed by atoms with E-state index >= 15 is 0 Å². The lowest BCUT2D eigenvalue weighted by Gasteiger charge is -2.32. The molecule has 1 aliphatic heterocycles. The van der Waals surface area contributed by atoms with Gasteiger partial charge in [0.05, 0.1) is 0 Å². The summed E-state index contributed by atoms with van der Waals surface area (Å²) in [6.07, 6.45) is 2.14. The summed E-state index contributed by atoms with van der Waals surface area (Å²) < 4.78 is 17.4. The van der Waals surface area contributed by atoms with E-state index in [1.165, 1.54) is 5.56 Å². The van der Waals surface area contributed by atoms with Crippen LogP contribution < -0.4 is 4.74 Å². The van der Waals surface area contributed by atoms with E-state index in [1.807, 2.05) is 53.4 Å². The first-order chi connectivity index (χ1) is 15.6. The largest absolute Gasteiger partial charge is 0.490 e. The number of amides is 1. The van der Waals surface area contributed by atoms with Gasteiger partial charge in [-0.25, -0.2) is 0 Å². The molecule has 7 heteroatoms. The van der Waals surface area contributed by atoms with Gasteiger partial charge in [-0.05, 0) is 30.2 Å². The van der Waals surface area contributed by atoms with Crippen LogP contribution in [-0.4, -0.2) is 47.3 Å². The third kappa shape index (κ3) is 5.53. The first-order valence-corrected chi connectivity index (χ1v) is 11.0. The maximum absolute atomic E-state index is 12.7. The summed E-state index contributed by atoms with van der Waals surface area (Å²) in [6.45, 7) is 3.45. The van der Waals surface area contributed by atoms with E-state index in [9.17, 15) is 4.79 Å². The topological polar surface area (TPSA) is 77.7 Å². The summed E-state index contributed by atoms with van der Waals surface area (Å²) in [6, 6.07) is 17.8. The van der Waals surface area contributed by atoms with Crippen LogP contribution >= 0.6 is 0 Å². The molecule has 1 saturated heterocycles. The van der Waals surface area contributed by atoms with Crippen molar-refractivity contribution in [3.8, 4) is 5.75 Å². The highest BCUT2D eigenvalue weighted by atomic mass is 16.5. The molecule has 0 spiro atoms. The van der Waals surface area contributed by atoms with Crippen molar-refractivity contribution in [1.82, 2.24) is 15.1 Å². The number of rotatable bonds is 8. The average molecular weight is 436 g/mol. The predicted molar refractivity (Wildman–Crippen MR) is 119 cm³/mol. The third-order valence-corrected chi connectivity index (χ3v) is 5.68. The summed E-state index contributed by atoms with van der Waals surface area (Å²) in [5, 5.41) is 8.23. The monoisotopic (exact) mass is 435 g/mol. The number of benzene rings is 2. The van der Waals surface area contributed by atoms with E-state index in [1.54, 1.807) is 7.11 Å². The molecule has 0 aliphatic carbocycles. The summed E-state index contributed by atoms with van der Waals surface area (Å²) >= 11 is 0. The predicted octanol–water partition coefficient (Wildman–Crippen LogP) is 4.12. The molecule has 4 rings (SSSR count). The smallest absolute Gasteiger partial charge is 0.249 e. The Labute approximate surface area is 188 Å². The fourth-order valence-electron chi connectivity index (χ4n) is 3.96. The molecular formula is C25H29N3O4. The van der Waals surface area contributed by atoms with Crippen molar-refractivity contribution in [2.45, 2.75) is 44.8 Å². The number of piperidine rings is 1. The second kappa shape index (κ2) is 10.4. The third-order valence-electron chi connectivity index (χ3n) is 5.68. The zero-order chi connectivity index (χ0) is 22.3. The molecule has 2 heterocycles. The number of methoxy groups -OCH3 is 1. The van der Waals surface area contributed by atoms with Gasteiger partial charge < -0.3 is 18.8 Å². The summed E-state index contributed by atoms with van der Waals surface area (Å²) in [5.41, 5.74) is 2.12. The number of aromatic nitrogens is 2. The number of ether oxygens (including phenoxy) is 2. The Balaban J connectivity index is 1.25. The zero-order valence-corrected chi connectivity index (χ0v) is 18.6. The molecule has 0 saturated carbocycles. The molecule has 1 amide bonds. The molecule has 3 aromatic rings. The van der Waals surface area contributed by atoms with E-state index in [-0.39, 0.29) is 12.0 Å². The van der Waals surface area contributed by atoms with Crippen LogP contribution in [0.15, 0.2) is 59.0 Å². The van der Waals surface area contributed by atoms with Crippen LogP contribution in [0, 0.1) is 6.92 Å². The van der Waals surface area contributed by atoms with Gasteiger partial charge in [0, 0.05) is 45.9 Å². The van der Waals surface area contributed by atoms with E-state index in [2.05, 4.69) is 23.2 Å².